The van der Waals surface area contributed by atoms with Crippen LogP contribution < -0.4 is 5.32 Å². The van der Waals surface area contributed by atoms with Gasteiger partial charge in [-0.15, -0.1) is 0 Å². The Hall–Kier alpha value is -0.810. The highest BCUT2D eigenvalue weighted by atomic mass is 35.5. The quantitative estimate of drug-likeness (QED) is 0.860. The lowest BCUT2D eigenvalue weighted by Gasteiger charge is -2.15. The number of nitrogens with one attached hydrogen (secondary N) is 1. The summed E-state index contributed by atoms with van der Waals surface area (Å²) in [5.41, 5.74) is 0. The Bertz CT molecular complexity index is 422. The number of thiazole rings is 1. The SMILES string of the molecule is COC(=O)c1sc(NC2CCCC2C)nc1Cl. The van der Waals surface area contributed by atoms with E-state index in [2.05, 4.69) is 22.0 Å². The van der Waals surface area contributed by atoms with Crippen LogP contribution in [0.2, 0.25) is 5.15 Å². The second kappa shape index (κ2) is 5.23. The molecular weight excluding hydrogens is 260 g/mol. The van der Waals surface area contributed by atoms with Crippen molar-refractivity contribution >= 4 is 34.0 Å². The maximum absolute atomic E-state index is 11.4. The first-order chi connectivity index (χ1) is 8.11. The number of halogens is 1. The summed E-state index contributed by atoms with van der Waals surface area (Å²) in [7, 11) is 1.34. The minimum atomic E-state index is -0.431. The third-order valence-electron chi connectivity index (χ3n) is 3.13. The highest BCUT2D eigenvalue weighted by Crippen LogP contribution is 2.32. The smallest absolute Gasteiger partial charge is 0.351 e. The van der Waals surface area contributed by atoms with E-state index in [1.165, 1.54) is 31.3 Å². The fraction of sp³-hybridized carbons (Fsp3) is 0.636. The van der Waals surface area contributed by atoms with Crippen LogP contribution in [0.4, 0.5) is 5.13 Å². The van der Waals surface area contributed by atoms with Gasteiger partial charge in [0.25, 0.3) is 0 Å². The fourth-order valence-corrected chi connectivity index (χ4v) is 3.26. The number of methoxy groups -OCH3 is 1. The van der Waals surface area contributed by atoms with E-state index in [9.17, 15) is 4.79 Å². The van der Waals surface area contributed by atoms with E-state index in [0.717, 1.165) is 6.42 Å². The van der Waals surface area contributed by atoms with Gasteiger partial charge in [-0.3, -0.25) is 0 Å². The summed E-state index contributed by atoms with van der Waals surface area (Å²) in [4.78, 5) is 15.9. The van der Waals surface area contributed by atoms with Gasteiger partial charge in [0, 0.05) is 6.04 Å². The lowest BCUT2D eigenvalue weighted by atomic mass is 10.1. The molecule has 1 aliphatic carbocycles. The molecule has 0 radical (unpaired) electrons. The molecule has 0 aromatic carbocycles. The summed E-state index contributed by atoms with van der Waals surface area (Å²) in [5, 5.41) is 4.27. The van der Waals surface area contributed by atoms with Crippen LogP contribution in [0.3, 0.4) is 0 Å². The Balaban J connectivity index is 2.09. The Morgan fingerprint density at radius 2 is 2.35 bits per heavy atom. The molecule has 1 fully saturated rings. The van der Waals surface area contributed by atoms with Gasteiger partial charge in [0.2, 0.25) is 0 Å². The number of ether oxygens (including phenoxy) is 1. The van der Waals surface area contributed by atoms with Gasteiger partial charge >= 0.3 is 5.97 Å². The van der Waals surface area contributed by atoms with Crippen LogP contribution in [0.25, 0.3) is 0 Å². The monoisotopic (exact) mass is 274 g/mol. The number of hydrogen-bond donors (Lipinski definition) is 1. The van der Waals surface area contributed by atoms with Crippen LogP contribution in [-0.2, 0) is 4.74 Å². The van der Waals surface area contributed by atoms with Crippen LogP contribution >= 0.6 is 22.9 Å². The summed E-state index contributed by atoms with van der Waals surface area (Å²) in [6, 6.07) is 0.433. The zero-order chi connectivity index (χ0) is 12.4. The Morgan fingerprint density at radius 3 is 2.94 bits per heavy atom. The average molecular weight is 275 g/mol. The highest BCUT2D eigenvalue weighted by Gasteiger charge is 2.25. The predicted octanol–water partition coefficient (Wildman–Crippen LogP) is 3.18. The van der Waals surface area contributed by atoms with Gasteiger partial charge in [-0.25, -0.2) is 9.78 Å². The molecular formula is C11H15ClN2O2S. The van der Waals surface area contributed by atoms with Crippen molar-refractivity contribution in [1.82, 2.24) is 4.98 Å². The standard InChI is InChI=1S/C11H15ClN2O2S/c1-6-4-3-5-7(6)13-11-14-9(12)8(17-11)10(15)16-2/h6-7H,3-5H2,1-2H3,(H,13,14). The Morgan fingerprint density at radius 1 is 1.59 bits per heavy atom. The molecule has 0 aliphatic heterocycles. The van der Waals surface area contributed by atoms with E-state index >= 15 is 0 Å². The van der Waals surface area contributed by atoms with Crippen molar-refractivity contribution in [3.63, 3.8) is 0 Å². The first-order valence-electron chi connectivity index (χ1n) is 5.63. The molecule has 0 saturated heterocycles. The van der Waals surface area contributed by atoms with E-state index in [4.69, 9.17) is 11.6 Å². The zero-order valence-corrected chi connectivity index (χ0v) is 11.4. The molecule has 1 aromatic rings. The van der Waals surface area contributed by atoms with Gasteiger partial charge in [-0.05, 0) is 18.8 Å². The minimum absolute atomic E-state index is 0.218. The van der Waals surface area contributed by atoms with Crippen molar-refractivity contribution in [1.29, 1.82) is 0 Å². The predicted molar refractivity (Wildman–Crippen MR) is 68.9 cm³/mol. The van der Waals surface area contributed by atoms with Crippen molar-refractivity contribution in [2.45, 2.75) is 32.2 Å². The van der Waals surface area contributed by atoms with Crippen molar-refractivity contribution < 1.29 is 9.53 Å². The summed E-state index contributed by atoms with van der Waals surface area (Å²) < 4.78 is 4.64. The number of hydrogen-bond acceptors (Lipinski definition) is 5. The first-order valence-corrected chi connectivity index (χ1v) is 6.82. The van der Waals surface area contributed by atoms with Crippen LogP contribution in [0.5, 0.6) is 0 Å². The molecule has 6 heteroatoms. The number of carbonyl (C=O) groups excluding carboxylic acids is 1. The van der Waals surface area contributed by atoms with Crippen molar-refractivity contribution in [3.05, 3.63) is 10.0 Å². The molecule has 2 rings (SSSR count). The minimum Gasteiger partial charge on any atom is -0.465 e. The molecule has 1 N–H and O–H groups in total. The lowest BCUT2D eigenvalue weighted by Crippen LogP contribution is -2.21. The van der Waals surface area contributed by atoms with E-state index in [0.29, 0.717) is 22.0 Å². The van der Waals surface area contributed by atoms with Gasteiger partial charge < -0.3 is 10.1 Å². The number of rotatable bonds is 3. The van der Waals surface area contributed by atoms with E-state index < -0.39 is 5.97 Å². The second-order valence-corrected chi connectivity index (χ2v) is 5.65. The summed E-state index contributed by atoms with van der Waals surface area (Å²) >= 11 is 7.15. The van der Waals surface area contributed by atoms with Gasteiger partial charge in [-0.1, -0.05) is 36.3 Å². The Labute approximate surface area is 109 Å². The molecule has 94 valence electrons. The number of anilines is 1. The molecule has 0 amide bonds. The summed E-state index contributed by atoms with van der Waals surface area (Å²) in [6.45, 7) is 2.22. The molecule has 1 heterocycles. The zero-order valence-electron chi connectivity index (χ0n) is 9.83. The molecule has 4 nitrogen and oxygen atoms in total. The highest BCUT2D eigenvalue weighted by molar-refractivity contribution is 7.18. The molecule has 1 aliphatic rings. The van der Waals surface area contributed by atoms with E-state index in [-0.39, 0.29) is 5.15 Å². The molecule has 0 spiro atoms. The van der Waals surface area contributed by atoms with E-state index in [1.54, 1.807) is 0 Å². The van der Waals surface area contributed by atoms with Crippen LogP contribution in [0, 0.1) is 5.92 Å². The third kappa shape index (κ3) is 2.72. The Kier molecular flexibility index (Phi) is 3.89. The summed E-state index contributed by atoms with van der Waals surface area (Å²) in [5.74, 6) is 0.208. The first kappa shape index (κ1) is 12.6. The molecule has 17 heavy (non-hydrogen) atoms. The van der Waals surface area contributed by atoms with Crippen molar-refractivity contribution in [2.75, 3.05) is 12.4 Å². The molecule has 2 atom stereocenters. The van der Waals surface area contributed by atoms with E-state index in [1.807, 2.05) is 0 Å². The number of aromatic nitrogens is 1. The fourth-order valence-electron chi connectivity index (χ4n) is 2.10. The van der Waals surface area contributed by atoms with Crippen molar-refractivity contribution in [2.24, 2.45) is 5.92 Å². The molecule has 1 saturated carbocycles. The maximum Gasteiger partial charge on any atom is 0.351 e. The maximum atomic E-state index is 11.4. The third-order valence-corrected chi connectivity index (χ3v) is 4.48. The topological polar surface area (TPSA) is 51.2 Å². The van der Waals surface area contributed by atoms with Gasteiger partial charge in [0.1, 0.15) is 0 Å². The number of nitrogens with zero attached hydrogens (tertiary/aromatic N) is 1. The molecule has 0 bridgehead atoms. The van der Waals surface area contributed by atoms with Gasteiger partial charge in [0.15, 0.2) is 15.2 Å². The van der Waals surface area contributed by atoms with Crippen molar-refractivity contribution in [3.8, 4) is 0 Å². The second-order valence-electron chi connectivity index (χ2n) is 4.29. The molecule has 1 aromatic heterocycles. The number of carbonyl (C=O) groups is 1. The number of esters is 1. The van der Waals surface area contributed by atoms with Crippen LogP contribution in [-0.4, -0.2) is 24.1 Å². The summed E-state index contributed by atoms with van der Waals surface area (Å²) in [6.07, 6.45) is 3.62. The lowest BCUT2D eigenvalue weighted by molar-refractivity contribution is 0.0606. The normalized spacial score (nSPS) is 23.7. The van der Waals surface area contributed by atoms with Crippen LogP contribution in [0.1, 0.15) is 35.9 Å². The van der Waals surface area contributed by atoms with Crippen LogP contribution in [0.15, 0.2) is 0 Å². The largest absolute Gasteiger partial charge is 0.465 e. The average Bonchev–Trinajstić information content (AvgIpc) is 2.86. The van der Waals surface area contributed by atoms with Gasteiger partial charge in [-0.2, -0.15) is 0 Å². The molecule has 2 unspecified atom stereocenters. The van der Waals surface area contributed by atoms with Gasteiger partial charge in [0.05, 0.1) is 7.11 Å².